The number of hydrogen-bond donors (Lipinski definition) is 1. The molecule has 6 aromatic carbocycles. The first kappa shape index (κ1) is 31.4. The Morgan fingerprint density at radius 3 is 2.40 bits per heavy atom. The number of para-hydroxylation sites is 1. The molecule has 0 amide bonds. The topological polar surface area (TPSA) is 42.5 Å². The molecule has 0 fully saturated rings. The van der Waals surface area contributed by atoms with Gasteiger partial charge in [-0.2, -0.15) is 0 Å². The highest BCUT2D eigenvalue weighted by molar-refractivity contribution is 6.15. The van der Waals surface area contributed by atoms with E-state index in [1.165, 1.54) is 71.9 Å². The number of amidine groups is 1. The summed E-state index contributed by atoms with van der Waals surface area (Å²) >= 11 is 0. The molecular weight excluding hydrogens is 695 g/mol. The SMILES string of the molecule is CC1C#Cc2c(n(C3CN=C(c4cccc5c4-c4ccccc4C54C5=C(C=CCC5)c5ccccc54)Nc4oc5ccccc5c43)c3cc4ccccc4cc23)C1. The van der Waals surface area contributed by atoms with Crippen LogP contribution < -0.4 is 5.32 Å². The van der Waals surface area contributed by atoms with Crippen LogP contribution in [0.3, 0.4) is 0 Å². The van der Waals surface area contributed by atoms with Gasteiger partial charge in [-0.05, 0) is 86.3 Å². The number of rotatable bonds is 2. The van der Waals surface area contributed by atoms with Gasteiger partial charge in [0.1, 0.15) is 11.4 Å². The molecule has 57 heavy (non-hydrogen) atoms. The van der Waals surface area contributed by atoms with E-state index in [1.807, 2.05) is 0 Å². The molecule has 4 heteroatoms. The largest absolute Gasteiger partial charge is 0.440 e. The van der Waals surface area contributed by atoms with Gasteiger partial charge < -0.3 is 14.3 Å². The normalized spacial score (nSPS) is 21.0. The minimum Gasteiger partial charge on any atom is -0.440 e. The Morgan fingerprint density at radius 1 is 0.772 bits per heavy atom. The number of hydrogen-bond acceptors (Lipinski definition) is 3. The standard InChI is InChI=1S/C53H37N3O/c1-31-25-26-36-40-28-32-13-2-3-14-33(32)29-46(40)56(45(36)27-31)47-30-54-51(55-52-50(47)38-18-7-11-24-48(38)57-52)39-19-12-23-44-49(39)37-17-6-10-22-43(37)53(44)41-20-8-4-15-34(41)35-16-5-9-21-42(35)53/h2-8,10-20,22-24,28-29,31,47H,9,21,27,30H2,1H3,(H,54,55). The van der Waals surface area contributed by atoms with Gasteiger partial charge in [0.05, 0.1) is 29.1 Å². The summed E-state index contributed by atoms with van der Waals surface area (Å²) < 4.78 is 9.41. The first-order valence-corrected chi connectivity index (χ1v) is 20.3. The van der Waals surface area contributed by atoms with E-state index >= 15 is 0 Å². The third-order valence-corrected chi connectivity index (χ3v) is 13.4. The van der Waals surface area contributed by atoms with Gasteiger partial charge in [0, 0.05) is 39.9 Å². The molecule has 3 heterocycles. The number of nitrogens with zero attached hydrogens (tertiary/aromatic N) is 2. The third-order valence-electron chi connectivity index (χ3n) is 13.4. The first-order valence-electron chi connectivity index (χ1n) is 20.3. The summed E-state index contributed by atoms with van der Waals surface area (Å²) in [5, 5.41) is 8.64. The van der Waals surface area contributed by atoms with Crippen molar-refractivity contribution in [2.24, 2.45) is 10.9 Å². The molecule has 0 bridgehead atoms. The Bertz CT molecular complexity index is 3260. The zero-order valence-electron chi connectivity index (χ0n) is 31.6. The molecule has 0 saturated heterocycles. The van der Waals surface area contributed by atoms with Crippen molar-refractivity contribution >= 4 is 49.9 Å². The van der Waals surface area contributed by atoms with Gasteiger partial charge in [0.25, 0.3) is 0 Å². The number of nitrogens with one attached hydrogen (secondary N) is 1. The molecule has 1 spiro atoms. The van der Waals surface area contributed by atoms with Crippen LogP contribution in [0.1, 0.15) is 70.4 Å². The van der Waals surface area contributed by atoms with Crippen LogP contribution in [0.5, 0.6) is 0 Å². The summed E-state index contributed by atoms with van der Waals surface area (Å²) in [6, 6.07) is 46.8. The Morgan fingerprint density at radius 2 is 1.51 bits per heavy atom. The van der Waals surface area contributed by atoms with Crippen LogP contribution in [0.25, 0.3) is 49.3 Å². The number of allylic oxidation sites excluding steroid dienone is 4. The minimum atomic E-state index is -0.347. The fraction of sp³-hybridized carbons (Fsp3) is 0.151. The number of furan rings is 1. The summed E-state index contributed by atoms with van der Waals surface area (Å²) in [7, 11) is 0. The molecule has 1 N–H and O–H groups in total. The van der Waals surface area contributed by atoms with E-state index in [0.29, 0.717) is 6.54 Å². The lowest BCUT2D eigenvalue weighted by Gasteiger charge is -2.33. The van der Waals surface area contributed by atoms with E-state index in [2.05, 4.69) is 168 Å². The molecule has 0 radical (unpaired) electrons. The predicted octanol–water partition coefficient (Wildman–Crippen LogP) is 12.0. The number of anilines is 1. The van der Waals surface area contributed by atoms with Gasteiger partial charge >= 0.3 is 0 Å². The lowest BCUT2D eigenvalue weighted by Crippen LogP contribution is -2.28. The molecule has 1 aliphatic heterocycles. The second kappa shape index (κ2) is 11.4. The van der Waals surface area contributed by atoms with Crippen molar-refractivity contribution in [3.63, 3.8) is 0 Å². The number of benzene rings is 6. The Balaban J connectivity index is 1.06. The Labute approximate surface area is 330 Å². The molecule has 5 aliphatic rings. The predicted molar refractivity (Wildman–Crippen MR) is 232 cm³/mol. The van der Waals surface area contributed by atoms with Gasteiger partial charge in [-0.25, -0.2) is 0 Å². The summed E-state index contributed by atoms with van der Waals surface area (Å²) in [6.45, 7) is 2.78. The highest BCUT2D eigenvalue weighted by Crippen LogP contribution is 2.64. The van der Waals surface area contributed by atoms with Crippen molar-refractivity contribution in [2.75, 3.05) is 11.9 Å². The molecule has 8 aromatic rings. The van der Waals surface area contributed by atoms with Gasteiger partial charge in [-0.1, -0.05) is 140 Å². The quantitative estimate of drug-likeness (QED) is 0.180. The van der Waals surface area contributed by atoms with Crippen molar-refractivity contribution in [1.82, 2.24) is 4.57 Å². The van der Waals surface area contributed by atoms with Crippen LogP contribution >= 0.6 is 0 Å². The van der Waals surface area contributed by atoms with Crippen LogP contribution in [0.4, 0.5) is 5.88 Å². The fourth-order valence-corrected chi connectivity index (χ4v) is 11.2. The molecular formula is C53H37N3O. The zero-order valence-corrected chi connectivity index (χ0v) is 31.6. The lowest BCUT2D eigenvalue weighted by atomic mass is 9.68. The van der Waals surface area contributed by atoms with Gasteiger partial charge in [-0.3, -0.25) is 4.99 Å². The lowest BCUT2D eigenvalue weighted by molar-refractivity contribution is 0.565. The van der Waals surface area contributed by atoms with Crippen molar-refractivity contribution < 1.29 is 4.42 Å². The van der Waals surface area contributed by atoms with Crippen molar-refractivity contribution in [3.05, 3.63) is 190 Å². The minimum absolute atomic E-state index is 0.119. The van der Waals surface area contributed by atoms with E-state index in [-0.39, 0.29) is 17.4 Å². The van der Waals surface area contributed by atoms with E-state index in [1.54, 1.807) is 0 Å². The number of aliphatic imine (C=N–C) groups is 1. The van der Waals surface area contributed by atoms with E-state index in [4.69, 9.17) is 9.41 Å². The summed E-state index contributed by atoms with van der Waals surface area (Å²) in [4.78, 5) is 5.62. The van der Waals surface area contributed by atoms with Crippen molar-refractivity contribution in [2.45, 2.75) is 37.6 Å². The maximum atomic E-state index is 6.85. The van der Waals surface area contributed by atoms with E-state index in [0.717, 1.165) is 58.6 Å². The van der Waals surface area contributed by atoms with Crippen LogP contribution in [-0.2, 0) is 11.8 Å². The first-order chi connectivity index (χ1) is 28.2. The van der Waals surface area contributed by atoms with Crippen LogP contribution in [-0.4, -0.2) is 16.9 Å². The van der Waals surface area contributed by atoms with Crippen molar-refractivity contribution in [1.29, 1.82) is 0 Å². The second-order valence-corrected chi connectivity index (χ2v) is 16.4. The second-order valence-electron chi connectivity index (χ2n) is 16.4. The van der Waals surface area contributed by atoms with Crippen molar-refractivity contribution in [3.8, 4) is 23.0 Å². The number of aromatic nitrogens is 1. The maximum absolute atomic E-state index is 6.85. The monoisotopic (exact) mass is 731 g/mol. The molecule has 2 aromatic heterocycles. The van der Waals surface area contributed by atoms with Gasteiger partial charge in [0.2, 0.25) is 5.88 Å². The van der Waals surface area contributed by atoms with Crippen LogP contribution in [0, 0.1) is 17.8 Å². The Kier molecular flexibility index (Phi) is 6.26. The molecule has 0 saturated carbocycles. The van der Waals surface area contributed by atoms with Gasteiger partial charge in [0.15, 0.2) is 0 Å². The third kappa shape index (κ3) is 4.06. The highest BCUT2D eigenvalue weighted by atomic mass is 16.4. The smallest absolute Gasteiger partial charge is 0.205 e. The average molecular weight is 732 g/mol. The molecule has 3 atom stereocenters. The van der Waals surface area contributed by atoms with Gasteiger partial charge in [-0.15, -0.1) is 0 Å². The summed E-state index contributed by atoms with van der Waals surface area (Å²) in [6.07, 6.45) is 7.69. The zero-order chi connectivity index (χ0) is 37.4. The van der Waals surface area contributed by atoms with E-state index in [9.17, 15) is 0 Å². The van der Waals surface area contributed by atoms with Crippen LogP contribution in [0.15, 0.2) is 155 Å². The molecule has 270 valence electrons. The summed E-state index contributed by atoms with van der Waals surface area (Å²) in [5.74, 6) is 9.01. The maximum Gasteiger partial charge on any atom is 0.205 e. The summed E-state index contributed by atoms with van der Waals surface area (Å²) in [5.41, 5.74) is 17.3. The average Bonchev–Trinajstić information content (AvgIpc) is 3.92. The Hall–Kier alpha value is -6.83. The van der Waals surface area contributed by atoms with Crippen LogP contribution in [0.2, 0.25) is 0 Å². The fourth-order valence-electron chi connectivity index (χ4n) is 11.2. The van der Waals surface area contributed by atoms with E-state index < -0.39 is 0 Å². The highest BCUT2D eigenvalue weighted by Gasteiger charge is 2.53. The molecule has 4 aliphatic carbocycles. The molecule has 3 unspecified atom stereocenters. The number of fused-ring (bicyclic) bond motifs is 16. The molecule has 4 nitrogen and oxygen atoms in total. The molecule has 13 rings (SSSR count).